The molecule has 0 aliphatic carbocycles. The van der Waals surface area contributed by atoms with Gasteiger partial charge >= 0.3 is 5.97 Å². The zero-order valence-corrected chi connectivity index (χ0v) is 15.0. The lowest BCUT2D eigenvalue weighted by molar-refractivity contribution is -0.560. The number of nitrogens with zero attached hydrogens (tertiary/aromatic N) is 2. The molecule has 1 aromatic carbocycles. The van der Waals surface area contributed by atoms with Crippen LogP contribution in [-0.4, -0.2) is 33.0 Å². The van der Waals surface area contributed by atoms with Crippen LogP contribution in [0.15, 0.2) is 30.3 Å². The summed E-state index contributed by atoms with van der Waals surface area (Å²) in [6.07, 6.45) is 2.92. The van der Waals surface area contributed by atoms with E-state index < -0.39 is 27.9 Å². The van der Waals surface area contributed by atoms with Crippen molar-refractivity contribution in [2.24, 2.45) is 0 Å². The van der Waals surface area contributed by atoms with Crippen molar-refractivity contribution in [2.75, 3.05) is 0 Å². The number of hydrogen-bond acceptors (Lipinski definition) is 5. The molecule has 0 aliphatic rings. The molecule has 0 fully saturated rings. The van der Waals surface area contributed by atoms with Crippen LogP contribution in [0.4, 0.5) is 0 Å². The minimum absolute atomic E-state index is 0.0513. The van der Waals surface area contributed by atoms with Crippen molar-refractivity contribution in [1.29, 1.82) is 0 Å². The Hall–Kier alpha value is -2.77. The van der Waals surface area contributed by atoms with Gasteiger partial charge in [0.2, 0.25) is 12.1 Å². The van der Waals surface area contributed by atoms with E-state index in [4.69, 9.17) is 0 Å². The molecule has 0 saturated carbocycles. The van der Waals surface area contributed by atoms with Crippen molar-refractivity contribution in [1.82, 2.24) is 0 Å². The van der Waals surface area contributed by atoms with Crippen LogP contribution in [-0.2, 0) is 11.2 Å². The van der Waals surface area contributed by atoms with Gasteiger partial charge in [0.25, 0.3) is 0 Å². The minimum Gasteiger partial charge on any atom is -0.478 e. The molecule has 0 saturated heterocycles. The highest BCUT2D eigenvalue weighted by atomic mass is 16.6. The average Bonchev–Trinajstić information content (AvgIpc) is 2.58. The fourth-order valence-electron chi connectivity index (χ4n) is 2.92. The first kappa shape index (κ1) is 21.3. The predicted molar refractivity (Wildman–Crippen MR) is 97.1 cm³/mol. The topological polar surface area (TPSA) is 124 Å². The van der Waals surface area contributed by atoms with Crippen LogP contribution in [0.1, 0.15) is 50.7 Å². The lowest BCUT2D eigenvalue weighted by Crippen LogP contribution is -2.32. The van der Waals surface area contributed by atoms with E-state index >= 15 is 0 Å². The first-order valence-electron chi connectivity index (χ1n) is 8.56. The quantitative estimate of drug-likeness (QED) is 0.363. The number of hydrogen-bond donors (Lipinski definition) is 1. The van der Waals surface area contributed by atoms with Gasteiger partial charge < -0.3 is 5.11 Å². The van der Waals surface area contributed by atoms with Crippen LogP contribution < -0.4 is 0 Å². The van der Waals surface area contributed by atoms with Crippen molar-refractivity contribution >= 4 is 11.5 Å². The summed E-state index contributed by atoms with van der Waals surface area (Å²) in [4.78, 5) is 33.1. The summed E-state index contributed by atoms with van der Waals surface area (Å²) in [5, 5.41) is 32.0. The van der Waals surface area contributed by atoms with Gasteiger partial charge in [-0.2, -0.15) is 0 Å². The largest absolute Gasteiger partial charge is 0.478 e. The molecule has 0 spiro atoms. The van der Waals surface area contributed by atoms with Gasteiger partial charge in [-0.25, -0.2) is 4.79 Å². The Labute approximate surface area is 151 Å². The summed E-state index contributed by atoms with van der Waals surface area (Å²) in [7, 11) is 0. The van der Waals surface area contributed by atoms with E-state index in [1.54, 1.807) is 31.2 Å². The molecule has 0 aromatic heterocycles. The van der Waals surface area contributed by atoms with E-state index in [1.165, 1.54) is 6.08 Å². The number of benzene rings is 1. The van der Waals surface area contributed by atoms with E-state index in [-0.39, 0.29) is 18.4 Å². The molecule has 0 amide bonds. The Balaban J connectivity index is 3.10. The molecule has 26 heavy (non-hydrogen) atoms. The normalized spacial score (nSPS) is 13.8. The van der Waals surface area contributed by atoms with Gasteiger partial charge in [0.05, 0.1) is 12.0 Å². The van der Waals surface area contributed by atoms with Crippen molar-refractivity contribution in [3.05, 3.63) is 61.7 Å². The molecular weight excluding hydrogens is 340 g/mol. The fraction of sp³-hybridized carbons (Fsp3) is 0.500. The van der Waals surface area contributed by atoms with Gasteiger partial charge in [-0.15, -0.1) is 0 Å². The molecule has 8 nitrogen and oxygen atoms in total. The summed E-state index contributed by atoms with van der Waals surface area (Å²) >= 11 is 0. The van der Waals surface area contributed by atoms with E-state index in [9.17, 15) is 30.1 Å². The number of carboxylic acid groups (broad SMARTS) is 1. The Bertz CT molecular complexity index is 686. The summed E-state index contributed by atoms with van der Waals surface area (Å²) in [6, 6.07) is 4.44. The second-order valence-electron chi connectivity index (χ2n) is 6.13. The number of allylic oxidation sites excluding steroid dienone is 1. The zero-order valence-electron chi connectivity index (χ0n) is 15.0. The number of unbranched alkanes of at least 4 members (excludes halogenated alkanes) is 1. The van der Waals surface area contributed by atoms with Gasteiger partial charge in [0, 0.05) is 22.7 Å². The molecule has 142 valence electrons. The molecule has 0 bridgehead atoms. The highest BCUT2D eigenvalue weighted by molar-refractivity contribution is 6.15. The Morgan fingerprint density at radius 3 is 2.31 bits per heavy atom. The standard InChI is InChI=1S/C18H24N2O6/c1-3-5-9-14(19(23)24)12-15(20(25)26)11-13-8-6-7-10-17(13)16(4-2)18(21)22/h4,6-8,10,14-15H,3,5,9,11-12H2,1-2H3,(H,21,22). The molecule has 0 aliphatic heterocycles. The monoisotopic (exact) mass is 364 g/mol. The van der Waals surface area contributed by atoms with Crippen molar-refractivity contribution in [2.45, 2.75) is 58.0 Å². The highest BCUT2D eigenvalue weighted by Crippen LogP contribution is 2.23. The van der Waals surface area contributed by atoms with Crippen LogP contribution in [0.5, 0.6) is 0 Å². The molecule has 1 aromatic rings. The van der Waals surface area contributed by atoms with E-state index in [2.05, 4.69) is 0 Å². The summed E-state index contributed by atoms with van der Waals surface area (Å²) < 4.78 is 0. The molecule has 2 atom stereocenters. The fourth-order valence-corrected chi connectivity index (χ4v) is 2.92. The number of rotatable bonds is 11. The number of carbonyl (C=O) groups is 1. The molecular formula is C18H24N2O6. The van der Waals surface area contributed by atoms with Gasteiger partial charge in [-0.3, -0.25) is 20.2 Å². The molecule has 1 N–H and O–H groups in total. The molecule has 8 heteroatoms. The summed E-state index contributed by atoms with van der Waals surface area (Å²) in [5.74, 6) is -1.12. The smallest absolute Gasteiger partial charge is 0.335 e. The lowest BCUT2D eigenvalue weighted by Gasteiger charge is -2.15. The van der Waals surface area contributed by atoms with Crippen molar-refractivity contribution in [3.63, 3.8) is 0 Å². The maximum absolute atomic E-state index is 11.5. The maximum Gasteiger partial charge on any atom is 0.335 e. The average molecular weight is 364 g/mol. The van der Waals surface area contributed by atoms with Crippen LogP contribution in [0.2, 0.25) is 0 Å². The molecule has 1 rings (SSSR count). The molecule has 2 unspecified atom stereocenters. The van der Waals surface area contributed by atoms with Gasteiger partial charge in [-0.05, 0) is 24.5 Å². The Morgan fingerprint density at radius 2 is 1.81 bits per heavy atom. The van der Waals surface area contributed by atoms with Crippen LogP contribution in [0.25, 0.3) is 5.57 Å². The third-order valence-corrected chi connectivity index (χ3v) is 4.31. The highest BCUT2D eigenvalue weighted by Gasteiger charge is 2.32. The van der Waals surface area contributed by atoms with E-state index in [0.29, 0.717) is 24.0 Å². The second kappa shape index (κ2) is 10.3. The number of carboxylic acids is 1. The second-order valence-corrected chi connectivity index (χ2v) is 6.13. The third kappa shape index (κ3) is 5.94. The van der Waals surface area contributed by atoms with Crippen LogP contribution in [0, 0.1) is 20.2 Å². The van der Waals surface area contributed by atoms with Crippen LogP contribution >= 0.6 is 0 Å². The number of nitro groups is 2. The predicted octanol–water partition coefficient (Wildman–Crippen LogP) is 3.59. The Morgan fingerprint density at radius 1 is 1.19 bits per heavy atom. The van der Waals surface area contributed by atoms with Crippen molar-refractivity contribution < 1.29 is 19.7 Å². The zero-order chi connectivity index (χ0) is 19.7. The van der Waals surface area contributed by atoms with Crippen molar-refractivity contribution in [3.8, 4) is 0 Å². The minimum atomic E-state index is -1.14. The Kier molecular flexibility index (Phi) is 8.41. The SMILES string of the molecule is CC=C(C(=O)O)c1ccccc1CC(CC(CCCC)[N+](=O)[O-])[N+](=O)[O-]. The number of aliphatic carboxylic acids is 1. The summed E-state index contributed by atoms with van der Waals surface area (Å²) in [5.41, 5.74) is 0.961. The lowest BCUT2D eigenvalue weighted by atomic mass is 9.92. The molecule has 0 heterocycles. The summed E-state index contributed by atoms with van der Waals surface area (Å²) in [6.45, 7) is 3.49. The first-order chi connectivity index (χ1) is 12.3. The van der Waals surface area contributed by atoms with E-state index in [0.717, 1.165) is 6.42 Å². The third-order valence-electron chi connectivity index (χ3n) is 4.31. The maximum atomic E-state index is 11.5. The molecule has 0 radical (unpaired) electrons. The van der Waals surface area contributed by atoms with Gasteiger partial charge in [0.15, 0.2) is 0 Å². The van der Waals surface area contributed by atoms with Gasteiger partial charge in [-0.1, -0.05) is 43.7 Å². The van der Waals surface area contributed by atoms with Gasteiger partial charge in [0.1, 0.15) is 0 Å². The van der Waals surface area contributed by atoms with Crippen LogP contribution in [0.3, 0.4) is 0 Å². The van der Waals surface area contributed by atoms with E-state index in [1.807, 2.05) is 6.92 Å². The first-order valence-corrected chi connectivity index (χ1v) is 8.56.